The van der Waals surface area contributed by atoms with Crippen LogP contribution in [0, 0.1) is 5.92 Å². The molecule has 5 nitrogen and oxygen atoms in total. The van der Waals surface area contributed by atoms with Crippen LogP contribution in [0.5, 0.6) is 0 Å². The number of piperidine rings is 1. The molecule has 0 bridgehead atoms. The first-order chi connectivity index (χ1) is 8.40. The van der Waals surface area contributed by atoms with Crippen LogP contribution in [0.15, 0.2) is 0 Å². The molecule has 0 spiro atoms. The van der Waals surface area contributed by atoms with Gasteiger partial charge in [-0.15, -0.1) is 0 Å². The fourth-order valence-electron chi connectivity index (χ4n) is 2.05. The van der Waals surface area contributed by atoms with Gasteiger partial charge in [-0.25, -0.2) is 12.7 Å². The third-order valence-corrected chi connectivity index (χ3v) is 5.36. The summed E-state index contributed by atoms with van der Waals surface area (Å²) >= 11 is 0. The predicted octanol–water partition coefficient (Wildman–Crippen LogP) is 0.963. The van der Waals surface area contributed by atoms with Gasteiger partial charge in [-0.1, -0.05) is 6.92 Å². The van der Waals surface area contributed by atoms with Gasteiger partial charge in [-0.05, 0) is 33.1 Å². The molecule has 6 heteroatoms. The number of hydrogen-bond acceptors (Lipinski definition) is 3. The SMILES string of the molecule is CCC(C)NC(=O)C1CCCN(S(=O)(=O)CC)C1. The van der Waals surface area contributed by atoms with Gasteiger partial charge < -0.3 is 5.32 Å². The van der Waals surface area contributed by atoms with Crippen molar-refractivity contribution in [3.05, 3.63) is 0 Å². The first-order valence-corrected chi connectivity index (χ1v) is 8.29. The van der Waals surface area contributed by atoms with E-state index in [4.69, 9.17) is 0 Å². The minimum Gasteiger partial charge on any atom is -0.353 e. The van der Waals surface area contributed by atoms with E-state index in [1.165, 1.54) is 4.31 Å². The molecule has 0 aromatic rings. The Morgan fingerprint density at radius 1 is 1.44 bits per heavy atom. The third kappa shape index (κ3) is 3.95. The lowest BCUT2D eigenvalue weighted by atomic mass is 9.98. The van der Waals surface area contributed by atoms with E-state index < -0.39 is 10.0 Å². The number of rotatable bonds is 5. The number of amides is 1. The molecule has 1 heterocycles. The fraction of sp³-hybridized carbons (Fsp3) is 0.917. The molecule has 1 rings (SSSR count). The van der Waals surface area contributed by atoms with Gasteiger partial charge >= 0.3 is 0 Å². The molecule has 106 valence electrons. The zero-order valence-corrected chi connectivity index (χ0v) is 12.3. The highest BCUT2D eigenvalue weighted by molar-refractivity contribution is 7.89. The Balaban J connectivity index is 2.61. The zero-order valence-electron chi connectivity index (χ0n) is 11.5. The molecule has 0 aliphatic carbocycles. The van der Waals surface area contributed by atoms with E-state index in [2.05, 4.69) is 5.32 Å². The van der Waals surface area contributed by atoms with Crippen LogP contribution < -0.4 is 5.32 Å². The van der Waals surface area contributed by atoms with Crippen molar-refractivity contribution in [3.8, 4) is 0 Å². The van der Waals surface area contributed by atoms with Gasteiger partial charge in [0, 0.05) is 19.1 Å². The largest absolute Gasteiger partial charge is 0.353 e. The summed E-state index contributed by atoms with van der Waals surface area (Å²) in [5.74, 6) is -0.110. The van der Waals surface area contributed by atoms with E-state index in [0.717, 1.165) is 19.3 Å². The van der Waals surface area contributed by atoms with Crippen LogP contribution in [0.1, 0.15) is 40.0 Å². The van der Waals surface area contributed by atoms with Gasteiger partial charge in [0.25, 0.3) is 0 Å². The molecule has 2 unspecified atom stereocenters. The number of carbonyl (C=O) groups is 1. The average molecular weight is 276 g/mol. The van der Waals surface area contributed by atoms with Crippen LogP contribution in [-0.2, 0) is 14.8 Å². The van der Waals surface area contributed by atoms with Crippen LogP contribution in [0.25, 0.3) is 0 Å². The van der Waals surface area contributed by atoms with Crippen molar-refractivity contribution in [3.63, 3.8) is 0 Å². The number of hydrogen-bond donors (Lipinski definition) is 1. The number of carbonyl (C=O) groups excluding carboxylic acids is 1. The second-order valence-corrected chi connectivity index (χ2v) is 7.17. The van der Waals surface area contributed by atoms with E-state index in [-0.39, 0.29) is 23.6 Å². The Kier molecular flexibility index (Phi) is 5.59. The van der Waals surface area contributed by atoms with Crippen molar-refractivity contribution >= 4 is 15.9 Å². The molecule has 1 aliphatic heterocycles. The smallest absolute Gasteiger partial charge is 0.224 e. The third-order valence-electron chi connectivity index (χ3n) is 3.51. The Labute approximate surface area is 110 Å². The lowest BCUT2D eigenvalue weighted by Crippen LogP contribution is -2.47. The Morgan fingerprint density at radius 2 is 2.11 bits per heavy atom. The maximum Gasteiger partial charge on any atom is 0.224 e. The number of sulfonamides is 1. The lowest BCUT2D eigenvalue weighted by Gasteiger charge is -2.31. The molecule has 0 aromatic carbocycles. The molecule has 1 fully saturated rings. The van der Waals surface area contributed by atoms with Crippen LogP contribution in [0.3, 0.4) is 0 Å². The maximum absolute atomic E-state index is 12.0. The monoisotopic (exact) mass is 276 g/mol. The minimum absolute atomic E-state index is 0.0136. The molecular formula is C12H24N2O3S. The normalized spacial score (nSPS) is 23.6. The van der Waals surface area contributed by atoms with Crippen molar-refractivity contribution in [1.29, 1.82) is 0 Å². The van der Waals surface area contributed by atoms with Crippen molar-refractivity contribution in [2.45, 2.75) is 46.1 Å². The number of nitrogens with one attached hydrogen (secondary N) is 1. The second-order valence-electron chi connectivity index (χ2n) is 4.92. The molecule has 0 radical (unpaired) electrons. The summed E-state index contributed by atoms with van der Waals surface area (Å²) in [4.78, 5) is 12.0. The van der Waals surface area contributed by atoms with Gasteiger partial charge in [-0.3, -0.25) is 4.79 Å². The summed E-state index contributed by atoms with van der Waals surface area (Å²) in [5, 5.41) is 2.93. The molecule has 1 saturated heterocycles. The van der Waals surface area contributed by atoms with Gasteiger partial charge in [0.2, 0.25) is 15.9 Å². The van der Waals surface area contributed by atoms with E-state index in [9.17, 15) is 13.2 Å². The van der Waals surface area contributed by atoms with E-state index in [0.29, 0.717) is 13.1 Å². The highest BCUT2D eigenvalue weighted by atomic mass is 32.2. The van der Waals surface area contributed by atoms with Crippen LogP contribution >= 0.6 is 0 Å². The van der Waals surface area contributed by atoms with Gasteiger partial charge in [0.1, 0.15) is 0 Å². The summed E-state index contributed by atoms with van der Waals surface area (Å²) in [7, 11) is -3.17. The highest BCUT2D eigenvalue weighted by Crippen LogP contribution is 2.19. The Bertz CT molecular complexity index is 381. The van der Waals surface area contributed by atoms with Crippen molar-refractivity contribution in [1.82, 2.24) is 9.62 Å². The Hall–Kier alpha value is -0.620. The quantitative estimate of drug-likeness (QED) is 0.813. The average Bonchev–Trinajstić information content (AvgIpc) is 2.38. The summed E-state index contributed by atoms with van der Waals surface area (Å²) < 4.78 is 25.0. The lowest BCUT2D eigenvalue weighted by molar-refractivity contribution is -0.126. The van der Waals surface area contributed by atoms with Crippen LogP contribution in [0.2, 0.25) is 0 Å². The molecule has 0 aromatic heterocycles. The summed E-state index contributed by atoms with van der Waals surface area (Å²) in [6.07, 6.45) is 2.42. The molecule has 2 atom stereocenters. The van der Waals surface area contributed by atoms with Crippen molar-refractivity contribution in [2.75, 3.05) is 18.8 Å². The topological polar surface area (TPSA) is 66.5 Å². The maximum atomic E-state index is 12.0. The summed E-state index contributed by atoms with van der Waals surface area (Å²) in [5.41, 5.74) is 0. The Morgan fingerprint density at radius 3 is 2.67 bits per heavy atom. The summed E-state index contributed by atoms with van der Waals surface area (Å²) in [6.45, 7) is 6.49. The predicted molar refractivity (Wildman–Crippen MR) is 71.7 cm³/mol. The van der Waals surface area contributed by atoms with Crippen molar-refractivity contribution in [2.24, 2.45) is 5.92 Å². The molecule has 1 aliphatic rings. The standard InChI is InChI=1S/C12H24N2O3S/c1-4-10(3)13-12(15)11-7-6-8-14(9-11)18(16,17)5-2/h10-11H,4-9H2,1-3H3,(H,13,15). The van der Waals surface area contributed by atoms with E-state index >= 15 is 0 Å². The first-order valence-electron chi connectivity index (χ1n) is 6.68. The van der Waals surface area contributed by atoms with Crippen LogP contribution in [-0.4, -0.2) is 43.5 Å². The van der Waals surface area contributed by atoms with Gasteiger partial charge in [0.15, 0.2) is 0 Å². The molecular weight excluding hydrogens is 252 g/mol. The zero-order chi connectivity index (χ0) is 13.8. The minimum atomic E-state index is -3.17. The molecule has 18 heavy (non-hydrogen) atoms. The molecule has 0 saturated carbocycles. The van der Waals surface area contributed by atoms with Crippen LogP contribution in [0.4, 0.5) is 0 Å². The highest BCUT2D eigenvalue weighted by Gasteiger charge is 2.31. The first kappa shape index (κ1) is 15.4. The molecule has 1 amide bonds. The second kappa shape index (κ2) is 6.52. The fourth-order valence-corrected chi connectivity index (χ4v) is 3.23. The van der Waals surface area contributed by atoms with Gasteiger partial charge in [0.05, 0.1) is 11.7 Å². The summed E-state index contributed by atoms with van der Waals surface area (Å²) in [6, 6.07) is 0.149. The van der Waals surface area contributed by atoms with E-state index in [1.807, 2.05) is 13.8 Å². The van der Waals surface area contributed by atoms with Crippen molar-refractivity contribution < 1.29 is 13.2 Å². The molecule has 1 N–H and O–H groups in total. The van der Waals surface area contributed by atoms with E-state index in [1.54, 1.807) is 6.92 Å². The van der Waals surface area contributed by atoms with Gasteiger partial charge in [-0.2, -0.15) is 0 Å². The number of nitrogens with zero attached hydrogens (tertiary/aromatic N) is 1.